The molecule has 1 fully saturated rings. The number of hydrogen-bond acceptors (Lipinski definition) is 6. The van der Waals surface area contributed by atoms with Crippen molar-refractivity contribution in [1.82, 2.24) is 15.2 Å². The van der Waals surface area contributed by atoms with Crippen molar-refractivity contribution in [3.05, 3.63) is 81.7 Å². The highest BCUT2D eigenvalue weighted by Gasteiger charge is 2.54. The number of carboxylic acids is 1. The Labute approximate surface area is 191 Å². The third-order valence-corrected chi connectivity index (χ3v) is 7.24. The zero-order valence-corrected chi connectivity index (χ0v) is 18.2. The van der Waals surface area contributed by atoms with Gasteiger partial charge in [-0.1, -0.05) is 30.0 Å². The monoisotopic (exact) mass is 471 g/mol. The molecule has 10 heteroatoms. The van der Waals surface area contributed by atoms with Crippen LogP contribution < -0.4 is 5.32 Å². The molecule has 164 valence electrons. The highest BCUT2D eigenvalue weighted by atomic mass is 32.2. The molecule has 1 saturated heterocycles. The fraction of sp³-hybridized carbons (Fsp3) is 0.182. The number of fused-ring (bicyclic) bond motifs is 1. The predicted octanol–water partition coefficient (Wildman–Crippen LogP) is 2.86. The lowest BCUT2D eigenvalue weighted by Gasteiger charge is -2.49. The number of benzene rings is 1. The summed E-state index contributed by atoms with van der Waals surface area (Å²) in [5.74, 6) is -2.01. The lowest BCUT2D eigenvalue weighted by molar-refractivity contribution is -0.150. The number of nitrogens with one attached hydrogen (secondary N) is 1. The summed E-state index contributed by atoms with van der Waals surface area (Å²) in [5, 5.41) is 13.7. The van der Waals surface area contributed by atoms with Gasteiger partial charge < -0.3 is 10.4 Å². The van der Waals surface area contributed by atoms with Crippen molar-refractivity contribution >= 4 is 47.4 Å². The Kier molecular flexibility index (Phi) is 6.61. The molecule has 0 unspecified atom stereocenters. The molecule has 0 bridgehead atoms. The Morgan fingerprint density at radius 1 is 1.31 bits per heavy atom. The molecule has 2 aliphatic rings. The van der Waals surface area contributed by atoms with Gasteiger partial charge in [-0.25, -0.2) is 9.18 Å². The maximum atomic E-state index is 13.0. The minimum atomic E-state index is -1.18. The summed E-state index contributed by atoms with van der Waals surface area (Å²) in [5.41, 5.74) is 1.44. The number of aromatic nitrogens is 1. The van der Waals surface area contributed by atoms with Gasteiger partial charge in [0.2, 0.25) is 5.91 Å². The third kappa shape index (κ3) is 4.71. The van der Waals surface area contributed by atoms with Crippen LogP contribution in [-0.2, 0) is 20.8 Å². The lowest BCUT2D eigenvalue weighted by atomic mass is 10.0. The number of halogens is 1. The molecule has 2 aromatic rings. The molecule has 2 amide bonds. The Hall–Kier alpha value is -3.11. The smallest absolute Gasteiger partial charge is 0.353 e. The number of β-lactam (4-membered cyclic amide) rings is 1. The van der Waals surface area contributed by atoms with E-state index < -0.39 is 29.1 Å². The van der Waals surface area contributed by atoms with Gasteiger partial charge in [-0.15, -0.1) is 11.8 Å². The van der Waals surface area contributed by atoms with E-state index >= 15 is 0 Å². The highest BCUT2D eigenvalue weighted by molar-refractivity contribution is 8.08. The Morgan fingerprint density at radius 2 is 2.09 bits per heavy atom. The average molecular weight is 472 g/mol. The Balaban J connectivity index is 1.42. The molecule has 7 nitrogen and oxygen atoms in total. The van der Waals surface area contributed by atoms with Crippen LogP contribution in [0, 0.1) is 5.82 Å². The van der Waals surface area contributed by atoms with Crippen LogP contribution in [0.5, 0.6) is 0 Å². The maximum absolute atomic E-state index is 13.0. The molecule has 3 heterocycles. The quantitative estimate of drug-likeness (QED) is 0.599. The van der Waals surface area contributed by atoms with E-state index in [0.29, 0.717) is 16.2 Å². The van der Waals surface area contributed by atoms with E-state index in [-0.39, 0.29) is 18.0 Å². The first-order valence-corrected chi connectivity index (χ1v) is 11.5. The van der Waals surface area contributed by atoms with Crippen LogP contribution in [0.1, 0.15) is 11.1 Å². The first-order chi connectivity index (χ1) is 15.4. The highest BCUT2D eigenvalue weighted by Crippen LogP contribution is 2.43. The molecule has 0 spiro atoms. The van der Waals surface area contributed by atoms with Gasteiger partial charge in [0.15, 0.2) is 0 Å². The third-order valence-electron chi connectivity index (χ3n) is 4.89. The van der Waals surface area contributed by atoms with Gasteiger partial charge in [-0.05, 0) is 40.8 Å². The van der Waals surface area contributed by atoms with Gasteiger partial charge in [0.05, 0.1) is 6.42 Å². The predicted molar refractivity (Wildman–Crippen MR) is 121 cm³/mol. The minimum Gasteiger partial charge on any atom is -0.477 e. The van der Waals surface area contributed by atoms with Crippen LogP contribution >= 0.6 is 23.5 Å². The molecule has 2 aliphatic heterocycles. The van der Waals surface area contributed by atoms with E-state index in [1.165, 1.54) is 52.7 Å². The van der Waals surface area contributed by atoms with Gasteiger partial charge in [0, 0.05) is 23.1 Å². The lowest BCUT2D eigenvalue weighted by Crippen LogP contribution is -2.70. The van der Waals surface area contributed by atoms with Gasteiger partial charge in [0.1, 0.15) is 22.9 Å². The minimum absolute atomic E-state index is 0.00329. The zero-order chi connectivity index (χ0) is 22.7. The summed E-state index contributed by atoms with van der Waals surface area (Å²) in [6, 6.07) is 8.43. The second-order valence-electron chi connectivity index (χ2n) is 7.04. The molecule has 0 radical (unpaired) electrons. The number of amides is 2. The average Bonchev–Trinajstić information content (AvgIpc) is 2.79. The van der Waals surface area contributed by atoms with E-state index in [0.717, 1.165) is 5.56 Å². The number of pyridine rings is 1. The number of aliphatic carboxylic acids is 1. The van der Waals surface area contributed by atoms with E-state index in [1.807, 2.05) is 12.1 Å². The van der Waals surface area contributed by atoms with Crippen molar-refractivity contribution in [2.75, 3.05) is 5.75 Å². The number of carbonyl (C=O) groups excluding carboxylic acids is 2. The van der Waals surface area contributed by atoms with Gasteiger partial charge >= 0.3 is 5.97 Å². The molecule has 2 atom stereocenters. The summed E-state index contributed by atoms with van der Waals surface area (Å²) in [4.78, 5) is 42.8. The summed E-state index contributed by atoms with van der Waals surface area (Å²) >= 11 is 2.65. The summed E-state index contributed by atoms with van der Waals surface area (Å²) in [6.07, 6.45) is 5.17. The fourth-order valence-corrected chi connectivity index (χ4v) is 5.72. The molecule has 4 rings (SSSR count). The van der Waals surface area contributed by atoms with Crippen LogP contribution in [0.3, 0.4) is 0 Å². The zero-order valence-electron chi connectivity index (χ0n) is 16.6. The van der Waals surface area contributed by atoms with Crippen molar-refractivity contribution in [1.29, 1.82) is 0 Å². The molecule has 32 heavy (non-hydrogen) atoms. The second-order valence-corrected chi connectivity index (χ2v) is 9.15. The largest absolute Gasteiger partial charge is 0.477 e. The van der Waals surface area contributed by atoms with Crippen LogP contribution in [0.4, 0.5) is 4.39 Å². The van der Waals surface area contributed by atoms with Crippen LogP contribution in [-0.4, -0.2) is 49.9 Å². The van der Waals surface area contributed by atoms with Gasteiger partial charge in [-0.3, -0.25) is 19.5 Å². The summed E-state index contributed by atoms with van der Waals surface area (Å²) < 4.78 is 13.0. The molecule has 1 aromatic carbocycles. The van der Waals surface area contributed by atoms with Crippen LogP contribution in [0.15, 0.2) is 64.8 Å². The number of hydrogen-bond donors (Lipinski definition) is 2. The van der Waals surface area contributed by atoms with E-state index in [4.69, 9.17) is 0 Å². The van der Waals surface area contributed by atoms with E-state index in [9.17, 15) is 23.9 Å². The molecular formula is C22H18FN3O4S2. The molecular weight excluding hydrogens is 453 g/mol. The number of carbonyl (C=O) groups is 3. The topological polar surface area (TPSA) is 99.6 Å². The number of nitrogens with zero attached hydrogens (tertiary/aromatic N) is 2. The van der Waals surface area contributed by atoms with Crippen LogP contribution in [0.2, 0.25) is 0 Å². The van der Waals surface area contributed by atoms with Crippen molar-refractivity contribution < 1.29 is 23.9 Å². The van der Waals surface area contributed by atoms with Gasteiger partial charge in [-0.2, -0.15) is 0 Å². The number of carboxylic acid groups (broad SMARTS) is 1. The number of thioether (sulfide) groups is 2. The SMILES string of the molecule is O=C(Cc1ccc(F)cc1)N[C@@H]1C(=O)N2C(C(=O)O)=C(S/C=C\c3cccnc3)CS[C@@H]12. The van der Waals surface area contributed by atoms with Gasteiger partial charge in [0.25, 0.3) is 5.91 Å². The molecule has 1 aromatic heterocycles. The number of rotatable bonds is 7. The summed E-state index contributed by atoms with van der Waals surface area (Å²) in [7, 11) is 0. The first-order valence-electron chi connectivity index (χ1n) is 9.62. The molecule has 0 aliphatic carbocycles. The normalized spacial score (nSPS) is 20.2. The molecule has 0 saturated carbocycles. The van der Waals surface area contributed by atoms with Crippen LogP contribution in [0.25, 0.3) is 6.08 Å². The first kappa shape index (κ1) is 22.1. The second kappa shape index (κ2) is 9.58. The Morgan fingerprint density at radius 3 is 2.78 bits per heavy atom. The fourth-order valence-electron chi connectivity index (χ4n) is 3.36. The van der Waals surface area contributed by atoms with Crippen molar-refractivity contribution in [2.24, 2.45) is 0 Å². The van der Waals surface area contributed by atoms with Crippen molar-refractivity contribution in [3.8, 4) is 0 Å². The Bertz CT molecular complexity index is 1110. The standard InChI is InChI=1S/C22H18FN3O4S2/c23-15-5-3-13(4-6-15)10-17(27)25-18-20(28)26-19(22(29)30)16(12-32-21(18)26)31-9-7-14-2-1-8-24-11-14/h1-9,11,18,21H,10,12H2,(H,25,27)(H,29,30)/b9-7-/t18-,21+/m1/s1. The van der Waals surface area contributed by atoms with Crippen molar-refractivity contribution in [3.63, 3.8) is 0 Å². The summed E-state index contributed by atoms with van der Waals surface area (Å²) in [6.45, 7) is 0. The van der Waals surface area contributed by atoms with E-state index in [1.54, 1.807) is 23.9 Å². The van der Waals surface area contributed by atoms with E-state index in [2.05, 4.69) is 10.3 Å². The van der Waals surface area contributed by atoms with Crippen molar-refractivity contribution in [2.45, 2.75) is 17.8 Å². The molecule has 2 N–H and O–H groups in total. The maximum Gasteiger partial charge on any atom is 0.353 e.